The topological polar surface area (TPSA) is 45.0 Å². The first-order valence-electron chi connectivity index (χ1n) is 4.53. The second-order valence-corrected chi connectivity index (χ2v) is 3.35. The van der Waals surface area contributed by atoms with Gasteiger partial charge >= 0.3 is 0 Å². The van der Waals surface area contributed by atoms with E-state index in [0.717, 1.165) is 26.2 Å². The van der Waals surface area contributed by atoms with Gasteiger partial charge in [0.15, 0.2) is 0 Å². The molecule has 0 aromatic carbocycles. The van der Waals surface area contributed by atoms with E-state index in [1.807, 2.05) is 6.92 Å². The van der Waals surface area contributed by atoms with Crippen LogP contribution in [0, 0.1) is 17.2 Å². The van der Waals surface area contributed by atoms with Gasteiger partial charge in [-0.2, -0.15) is 5.26 Å². The third kappa shape index (κ3) is 3.21. The third-order valence-corrected chi connectivity index (χ3v) is 2.09. The number of ether oxygens (including phenoxy) is 1. The van der Waals surface area contributed by atoms with Crippen LogP contribution in [0.1, 0.15) is 19.8 Å². The van der Waals surface area contributed by atoms with E-state index in [9.17, 15) is 0 Å². The van der Waals surface area contributed by atoms with Crippen LogP contribution in [0.3, 0.4) is 0 Å². The fourth-order valence-electron chi connectivity index (χ4n) is 1.29. The molecule has 3 nitrogen and oxygen atoms in total. The fraction of sp³-hybridized carbons (Fsp3) is 0.889. The van der Waals surface area contributed by atoms with Crippen LogP contribution in [0.5, 0.6) is 0 Å². The van der Waals surface area contributed by atoms with E-state index in [1.54, 1.807) is 0 Å². The number of rotatable bonds is 3. The molecule has 0 aromatic rings. The van der Waals surface area contributed by atoms with Crippen molar-refractivity contribution >= 4 is 0 Å². The quantitative estimate of drug-likeness (QED) is 0.681. The van der Waals surface area contributed by atoms with Gasteiger partial charge in [-0.25, -0.2) is 0 Å². The lowest BCUT2D eigenvalue weighted by molar-refractivity contribution is 0.0699. The molecule has 12 heavy (non-hydrogen) atoms. The minimum absolute atomic E-state index is 0.104. The maximum absolute atomic E-state index is 8.54. The summed E-state index contributed by atoms with van der Waals surface area (Å²) < 4.78 is 5.30. The van der Waals surface area contributed by atoms with Crippen LogP contribution < -0.4 is 5.32 Å². The molecule has 0 amide bonds. The maximum Gasteiger partial charge on any atom is 0.0666 e. The van der Waals surface area contributed by atoms with Crippen molar-refractivity contribution in [2.24, 2.45) is 5.92 Å². The highest BCUT2D eigenvalue weighted by Gasteiger charge is 2.13. The van der Waals surface area contributed by atoms with Gasteiger partial charge in [-0.3, -0.25) is 0 Å². The van der Waals surface area contributed by atoms with Crippen molar-refractivity contribution in [3.05, 3.63) is 0 Å². The highest BCUT2D eigenvalue weighted by molar-refractivity contribution is 4.82. The molecule has 3 heteroatoms. The lowest BCUT2D eigenvalue weighted by Gasteiger charge is -2.23. The molecule has 1 saturated heterocycles. The van der Waals surface area contributed by atoms with Crippen LogP contribution in [-0.2, 0) is 4.74 Å². The van der Waals surface area contributed by atoms with Gasteiger partial charge < -0.3 is 10.1 Å². The molecule has 68 valence electrons. The Hall–Kier alpha value is -0.590. The summed E-state index contributed by atoms with van der Waals surface area (Å²) in [6.45, 7) is 4.41. The molecule has 1 N–H and O–H groups in total. The van der Waals surface area contributed by atoms with Crippen molar-refractivity contribution in [1.29, 1.82) is 5.26 Å². The summed E-state index contributed by atoms with van der Waals surface area (Å²) in [5, 5.41) is 11.9. The first-order valence-corrected chi connectivity index (χ1v) is 4.53. The first kappa shape index (κ1) is 9.50. The largest absolute Gasteiger partial charge is 0.380 e. The molecular weight excluding hydrogens is 152 g/mol. The zero-order valence-electron chi connectivity index (χ0n) is 7.55. The predicted octanol–water partition coefficient (Wildman–Crippen LogP) is 0.915. The molecule has 1 aliphatic rings. The number of nitriles is 1. The third-order valence-electron chi connectivity index (χ3n) is 2.09. The highest BCUT2D eigenvalue weighted by atomic mass is 16.5. The number of nitrogens with zero attached hydrogens (tertiary/aromatic N) is 1. The Morgan fingerprint density at radius 2 is 2.58 bits per heavy atom. The smallest absolute Gasteiger partial charge is 0.0666 e. The first-order chi connectivity index (χ1) is 5.83. The summed E-state index contributed by atoms with van der Waals surface area (Å²) in [5.41, 5.74) is 0. The van der Waals surface area contributed by atoms with Crippen LogP contribution in [0.15, 0.2) is 0 Å². The minimum atomic E-state index is 0.104. The normalized spacial score (nSPS) is 26.2. The van der Waals surface area contributed by atoms with E-state index < -0.39 is 0 Å². The van der Waals surface area contributed by atoms with Gasteiger partial charge in [0.25, 0.3) is 0 Å². The second kappa shape index (κ2) is 5.13. The van der Waals surface area contributed by atoms with Crippen LogP contribution >= 0.6 is 0 Å². The number of hydrogen-bond acceptors (Lipinski definition) is 3. The summed E-state index contributed by atoms with van der Waals surface area (Å²) >= 11 is 0. The van der Waals surface area contributed by atoms with Gasteiger partial charge in [-0.1, -0.05) is 0 Å². The van der Waals surface area contributed by atoms with Gasteiger partial charge in [0.05, 0.1) is 18.6 Å². The summed E-state index contributed by atoms with van der Waals surface area (Å²) in [5.74, 6) is 0.104. The molecule has 0 bridgehead atoms. The number of nitrogens with one attached hydrogen (secondary N) is 1. The van der Waals surface area contributed by atoms with Gasteiger partial charge in [0.2, 0.25) is 0 Å². The molecule has 1 aliphatic heterocycles. The molecule has 2 atom stereocenters. The Morgan fingerprint density at radius 1 is 1.75 bits per heavy atom. The minimum Gasteiger partial charge on any atom is -0.380 e. The van der Waals surface area contributed by atoms with Crippen LogP contribution in [0.25, 0.3) is 0 Å². The average molecular weight is 168 g/mol. The molecule has 1 rings (SSSR count). The van der Waals surface area contributed by atoms with Crippen LogP contribution in [-0.4, -0.2) is 25.8 Å². The summed E-state index contributed by atoms with van der Waals surface area (Å²) in [6, 6.07) is 2.67. The Balaban J connectivity index is 2.10. The molecule has 0 spiro atoms. The monoisotopic (exact) mass is 168 g/mol. The van der Waals surface area contributed by atoms with Crippen molar-refractivity contribution in [2.45, 2.75) is 25.8 Å². The Kier molecular flexibility index (Phi) is 4.06. The fourth-order valence-corrected chi connectivity index (χ4v) is 1.29. The molecule has 0 aliphatic carbocycles. The zero-order chi connectivity index (χ0) is 8.81. The van der Waals surface area contributed by atoms with Gasteiger partial charge in [-0.05, 0) is 19.8 Å². The van der Waals surface area contributed by atoms with Crippen LogP contribution in [0.4, 0.5) is 0 Å². The Labute approximate surface area is 73.7 Å². The molecule has 1 fully saturated rings. The summed E-state index contributed by atoms with van der Waals surface area (Å²) in [7, 11) is 0. The summed E-state index contributed by atoms with van der Waals surface area (Å²) in [4.78, 5) is 0. The van der Waals surface area contributed by atoms with E-state index >= 15 is 0 Å². The Morgan fingerprint density at radius 3 is 3.17 bits per heavy atom. The van der Waals surface area contributed by atoms with E-state index in [-0.39, 0.29) is 5.92 Å². The van der Waals surface area contributed by atoms with Crippen molar-refractivity contribution in [3.63, 3.8) is 0 Å². The standard InChI is InChI=1S/C9H16N2O/c1-8(5-10)6-11-9-3-2-4-12-7-9/h8-9,11H,2-4,6-7H2,1H3. The molecule has 2 unspecified atom stereocenters. The van der Waals surface area contributed by atoms with E-state index in [2.05, 4.69) is 11.4 Å². The second-order valence-electron chi connectivity index (χ2n) is 3.35. The molecule has 1 heterocycles. The predicted molar refractivity (Wildman–Crippen MR) is 46.6 cm³/mol. The van der Waals surface area contributed by atoms with Crippen molar-refractivity contribution in [2.75, 3.05) is 19.8 Å². The number of hydrogen-bond donors (Lipinski definition) is 1. The zero-order valence-corrected chi connectivity index (χ0v) is 7.55. The highest BCUT2D eigenvalue weighted by Crippen LogP contribution is 2.05. The van der Waals surface area contributed by atoms with Gasteiger partial charge in [0, 0.05) is 19.2 Å². The molecule has 0 aromatic heterocycles. The SMILES string of the molecule is CC(C#N)CNC1CCCOC1. The van der Waals surface area contributed by atoms with Crippen molar-refractivity contribution < 1.29 is 4.74 Å². The van der Waals surface area contributed by atoms with E-state index in [4.69, 9.17) is 10.00 Å². The van der Waals surface area contributed by atoms with Crippen LogP contribution in [0.2, 0.25) is 0 Å². The average Bonchev–Trinajstić information content (AvgIpc) is 2.16. The van der Waals surface area contributed by atoms with Crippen molar-refractivity contribution in [1.82, 2.24) is 5.32 Å². The lowest BCUT2D eigenvalue weighted by Crippen LogP contribution is -2.38. The molecular formula is C9H16N2O. The maximum atomic E-state index is 8.54. The Bertz CT molecular complexity index is 158. The summed E-state index contributed by atoms with van der Waals surface area (Å²) in [6.07, 6.45) is 2.32. The van der Waals surface area contributed by atoms with E-state index in [0.29, 0.717) is 6.04 Å². The molecule has 0 saturated carbocycles. The lowest BCUT2D eigenvalue weighted by atomic mass is 10.1. The molecule has 0 radical (unpaired) electrons. The van der Waals surface area contributed by atoms with Gasteiger partial charge in [0.1, 0.15) is 0 Å². The van der Waals surface area contributed by atoms with E-state index in [1.165, 1.54) is 6.42 Å². The van der Waals surface area contributed by atoms with Crippen molar-refractivity contribution in [3.8, 4) is 6.07 Å². The van der Waals surface area contributed by atoms with Gasteiger partial charge in [-0.15, -0.1) is 0 Å².